The molecule has 0 bridgehead atoms. The molecule has 18 heavy (non-hydrogen) atoms. The first-order chi connectivity index (χ1) is 8.61. The molecule has 1 saturated heterocycles. The summed E-state index contributed by atoms with van der Waals surface area (Å²) < 4.78 is 5.21. The van der Waals surface area contributed by atoms with E-state index in [0.29, 0.717) is 12.1 Å². The van der Waals surface area contributed by atoms with Crippen molar-refractivity contribution < 1.29 is 14.3 Å². The first kappa shape index (κ1) is 12.9. The van der Waals surface area contributed by atoms with Crippen molar-refractivity contribution in [1.82, 2.24) is 9.88 Å². The molecular formula is C12H19N3O3. The molecule has 6 nitrogen and oxygen atoms in total. The highest BCUT2D eigenvalue weighted by Crippen LogP contribution is 2.21. The van der Waals surface area contributed by atoms with Crippen LogP contribution in [0.3, 0.4) is 0 Å². The molecule has 100 valence electrons. The van der Waals surface area contributed by atoms with E-state index in [1.807, 2.05) is 11.9 Å². The molecule has 0 radical (unpaired) electrons. The fraction of sp³-hybridized carbons (Fsp3) is 0.667. The van der Waals surface area contributed by atoms with Gasteiger partial charge < -0.3 is 19.3 Å². The maximum absolute atomic E-state index is 10.7. The van der Waals surface area contributed by atoms with Crippen LogP contribution in [-0.2, 0) is 0 Å². The number of nitrogens with zero attached hydrogens (tertiary/aromatic N) is 3. The molecule has 6 heteroatoms. The predicted molar refractivity (Wildman–Crippen MR) is 67.0 cm³/mol. The Bertz CT molecular complexity index is 410. The molecule has 1 aliphatic rings. The number of hydrogen-bond donors (Lipinski definition) is 1. The number of oxazole rings is 1. The first-order valence-corrected chi connectivity index (χ1v) is 6.25. The van der Waals surface area contributed by atoms with Gasteiger partial charge in [-0.2, -0.15) is 4.98 Å². The molecule has 1 aromatic rings. The van der Waals surface area contributed by atoms with Crippen molar-refractivity contribution >= 4 is 12.0 Å². The molecule has 2 rings (SSSR count). The number of likely N-dealkylation sites (tertiary alicyclic amines) is 1. The van der Waals surface area contributed by atoms with Gasteiger partial charge in [0.25, 0.3) is 6.01 Å². The highest BCUT2D eigenvalue weighted by molar-refractivity contribution is 5.85. The summed E-state index contributed by atoms with van der Waals surface area (Å²) in [5, 5.41) is 8.81. The minimum atomic E-state index is -1.06. The Balaban J connectivity index is 1.98. The molecule has 0 atom stereocenters. The van der Waals surface area contributed by atoms with E-state index in [9.17, 15) is 4.79 Å². The molecule has 1 aromatic heterocycles. The second-order valence-corrected chi connectivity index (χ2v) is 4.60. The lowest BCUT2D eigenvalue weighted by atomic mass is 10.0. The molecule has 1 aliphatic heterocycles. The fourth-order valence-corrected chi connectivity index (χ4v) is 2.30. The lowest BCUT2D eigenvalue weighted by Gasteiger charge is -2.35. The number of anilines is 1. The van der Waals surface area contributed by atoms with Gasteiger partial charge in [-0.05, 0) is 19.4 Å². The molecule has 1 N–H and O–H groups in total. The summed E-state index contributed by atoms with van der Waals surface area (Å²) in [5.74, 6) is -1.06. The fourth-order valence-electron chi connectivity index (χ4n) is 2.30. The van der Waals surface area contributed by atoms with Gasteiger partial charge in [0, 0.05) is 26.2 Å². The van der Waals surface area contributed by atoms with Gasteiger partial charge in [0.2, 0.25) is 0 Å². The van der Waals surface area contributed by atoms with Crippen LogP contribution < -0.4 is 4.90 Å². The van der Waals surface area contributed by atoms with E-state index in [-0.39, 0.29) is 5.69 Å². The Morgan fingerprint density at radius 1 is 1.61 bits per heavy atom. The van der Waals surface area contributed by atoms with Crippen molar-refractivity contribution in [3.05, 3.63) is 12.0 Å². The minimum absolute atomic E-state index is 0.0390. The van der Waals surface area contributed by atoms with Crippen LogP contribution in [-0.4, -0.2) is 53.7 Å². The number of piperidine rings is 1. The average molecular weight is 253 g/mol. The Kier molecular flexibility index (Phi) is 3.86. The Morgan fingerprint density at radius 3 is 2.78 bits per heavy atom. The van der Waals surface area contributed by atoms with Crippen LogP contribution in [0.1, 0.15) is 30.3 Å². The Labute approximate surface area is 106 Å². The number of aromatic nitrogens is 1. The van der Waals surface area contributed by atoms with E-state index >= 15 is 0 Å². The van der Waals surface area contributed by atoms with E-state index in [2.05, 4.69) is 16.8 Å². The summed E-state index contributed by atoms with van der Waals surface area (Å²) >= 11 is 0. The third-order valence-electron chi connectivity index (χ3n) is 3.56. The zero-order valence-electron chi connectivity index (χ0n) is 10.8. The number of aromatic carboxylic acids is 1. The van der Waals surface area contributed by atoms with E-state index < -0.39 is 5.97 Å². The number of carboxylic acids is 1. The molecule has 2 heterocycles. The van der Waals surface area contributed by atoms with Gasteiger partial charge >= 0.3 is 5.97 Å². The molecule has 0 unspecified atom stereocenters. The molecule has 0 aliphatic carbocycles. The smallest absolute Gasteiger partial charge is 0.357 e. The maximum atomic E-state index is 10.7. The monoisotopic (exact) mass is 253 g/mol. The lowest BCUT2D eigenvalue weighted by Crippen LogP contribution is -2.43. The Hall–Kier alpha value is -1.56. The lowest BCUT2D eigenvalue weighted by molar-refractivity contribution is 0.0690. The van der Waals surface area contributed by atoms with Gasteiger partial charge in [-0.1, -0.05) is 6.92 Å². The van der Waals surface area contributed by atoms with Crippen LogP contribution >= 0.6 is 0 Å². The largest absolute Gasteiger partial charge is 0.476 e. The standard InChI is InChI=1S/C12H19N3O3/c1-3-15-6-4-9(5-7-15)14(2)12-13-10(8-18-12)11(16)17/h8-9H,3-7H2,1-2H3,(H,16,17). The molecule has 0 amide bonds. The van der Waals surface area contributed by atoms with Crippen LogP contribution in [0.4, 0.5) is 6.01 Å². The van der Waals surface area contributed by atoms with Gasteiger partial charge in [-0.3, -0.25) is 0 Å². The van der Waals surface area contributed by atoms with E-state index in [1.54, 1.807) is 0 Å². The third-order valence-corrected chi connectivity index (χ3v) is 3.56. The molecule has 0 aromatic carbocycles. The number of hydrogen-bond acceptors (Lipinski definition) is 5. The van der Waals surface area contributed by atoms with Crippen molar-refractivity contribution in [2.24, 2.45) is 0 Å². The Morgan fingerprint density at radius 2 is 2.28 bits per heavy atom. The first-order valence-electron chi connectivity index (χ1n) is 6.25. The van der Waals surface area contributed by atoms with Crippen LogP contribution in [0.15, 0.2) is 10.7 Å². The van der Waals surface area contributed by atoms with Crippen LogP contribution in [0.5, 0.6) is 0 Å². The summed E-state index contributed by atoms with van der Waals surface area (Å²) in [5.41, 5.74) is -0.0390. The van der Waals surface area contributed by atoms with Crippen molar-refractivity contribution in [3.63, 3.8) is 0 Å². The van der Waals surface area contributed by atoms with Gasteiger partial charge in [0.15, 0.2) is 5.69 Å². The summed E-state index contributed by atoms with van der Waals surface area (Å²) in [6.45, 7) is 5.38. The molecule has 1 fully saturated rings. The topological polar surface area (TPSA) is 69.8 Å². The highest BCUT2D eigenvalue weighted by Gasteiger charge is 2.24. The number of carboxylic acid groups (broad SMARTS) is 1. The van der Waals surface area contributed by atoms with Crippen molar-refractivity contribution in [2.75, 3.05) is 31.6 Å². The van der Waals surface area contributed by atoms with Crippen molar-refractivity contribution in [2.45, 2.75) is 25.8 Å². The van der Waals surface area contributed by atoms with Gasteiger partial charge in [-0.15, -0.1) is 0 Å². The third kappa shape index (κ3) is 2.64. The predicted octanol–water partition coefficient (Wildman–Crippen LogP) is 1.29. The number of carbonyl (C=O) groups is 1. The SMILES string of the molecule is CCN1CCC(N(C)c2nc(C(=O)O)co2)CC1. The van der Waals surface area contributed by atoms with Crippen LogP contribution in [0, 0.1) is 0 Å². The van der Waals surface area contributed by atoms with Gasteiger partial charge in [0.05, 0.1) is 0 Å². The second kappa shape index (κ2) is 5.39. The van der Waals surface area contributed by atoms with Gasteiger partial charge in [-0.25, -0.2) is 4.79 Å². The quantitative estimate of drug-likeness (QED) is 0.872. The van der Waals surface area contributed by atoms with E-state index in [1.165, 1.54) is 6.26 Å². The van der Waals surface area contributed by atoms with Crippen LogP contribution in [0.25, 0.3) is 0 Å². The van der Waals surface area contributed by atoms with Crippen molar-refractivity contribution in [1.29, 1.82) is 0 Å². The second-order valence-electron chi connectivity index (χ2n) is 4.60. The normalized spacial score (nSPS) is 17.9. The number of rotatable bonds is 4. The average Bonchev–Trinajstić information content (AvgIpc) is 2.88. The van der Waals surface area contributed by atoms with E-state index in [0.717, 1.165) is 32.5 Å². The molecule has 0 saturated carbocycles. The van der Waals surface area contributed by atoms with Gasteiger partial charge in [0.1, 0.15) is 6.26 Å². The van der Waals surface area contributed by atoms with Crippen molar-refractivity contribution in [3.8, 4) is 0 Å². The summed E-state index contributed by atoms with van der Waals surface area (Å²) in [7, 11) is 1.91. The zero-order valence-corrected chi connectivity index (χ0v) is 10.8. The highest BCUT2D eigenvalue weighted by atomic mass is 16.4. The minimum Gasteiger partial charge on any atom is -0.476 e. The summed E-state index contributed by atoms with van der Waals surface area (Å²) in [6.07, 6.45) is 3.29. The molecule has 0 spiro atoms. The van der Waals surface area contributed by atoms with E-state index in [4.69, 9.17) is 9.52 Å². The summed E-state index contributed by atoms with van der Waals surface area (Å²) in [4.78, 5) is 19.1. The van der Waals surface area contributed by atoms with Crippen LogP contribution in [0.2, 0.25) is 0 Å². The zero-order chi connectivity index (χ0) is 13.1. The molecular weight excluding hydrogens is 234 g/mol. The summed E-state index contributed by atoms with van der Waals surface area (Å²) in [6, 6.07) is 0.760. The maximum Gasteiger partial charge on any atom is 0.357 e.